The predicted octanol–water partition coefficient (Wildman–Crippen LogP) is 4.16. The normalized spacial score (nSPS) is 23.0. The minimum absolute atomic E-state index is 0.00630. The highest BCUT2D eigenvalue weighted by Crippen LogP contribution is 2.25. The second-order valence-electron chi connectivity index (χ2n) is 5.16. The molecule has 2 nitrogen and oxygen atoms in total. The molecule has 0 spiro atoms. The van der Waals surface area contributed by atoms with Crippen LogP contribution >= 0.6 is 15.9 Å². The molecule has 0 unspecified atom stereocenters. The molecule has 0 atom stereocenters. The van der Waals surface area contributed by atoms with Gasteiger partial charge in [0.15, 0.2) is 0 Å². The Balaban J connectivity index is 1.86. The van der Waals surface area contributed by atoms with E-state index in [1.165, 1.54) is 12.1 Å². The van der Waals surface area contributed by atoms with Crippen molar-refractivity contribution in [2.24, 2.45) is 0 Å². The maximum absolute atomic E-state index is 13.8. The molecule has 1 aromatic rings. The lowest BCUT2D eigenvalue weighted by Crippen LogP contribution is -2.35. The summed E-state index contributed by atoms with van der Waals surface area (Å²) >= 11 is 3.07. The van der Waals surface area contributed by atoms with Crippen molar-refractivity contribution in [1.82, 2.24) is 5.32 Å². The topological polar surface area (TPSA) is 21.3 Å². The Hall–Kier alpha value is -0.520. The SMILES string of the molecule is CCNC1CCC(OCc2c(F)ccc(Br)c2F)CC1. The van der Waals surface area contributed by atoms with Gasteiger partial charge in [-0.25, -0.2) is 8.78 Å². The van der Waals surface area contributed by atoms with Gasteiger partial charge in [0, 0.05) is 6.04 Å². The van der Waals surface area contributed by atoms with E-state index in [1.54, 1.807) is 0 Å². The van der Waals surface area contributed by atoms with Gasteiger partial charge in [-0.15, -0.1) is 0 Å². The first-order chi connectivity index (χ1) is 9.61. The van der Waals surface area contributed by atoms with Gasteiger partial charge < -0.3 is 10.1 Å². The van der Waals surface area contributed by atoms with Crippen LogP contribution in [0.2, 0.25) is 0 Å². The molecule has 1 N–H and O–H groups in total. The molecular weight excluding hydrogens is 328 g/mol. The van der Waals surface area contributed by atoms with Crippen LogP contribution in [0.4, 0.5) is 8.78 Å². The van der Waals surface area contributed by atoms with Gasteiger partial charge in [-0.3, -0.25) is 0 Å². The van der Waals surface area contributed by atoms with Crippen LogP contribution in [0, 0.1) is 11.6 Å². The number of benzene rings is 1. The summed E-state index contributed by atoms with van der Waals surface area (Å²) in [5.41, 5.74) is 0.00758. The molecule has 1 fully saturated rings. The molecule has 0 amide bonds. The molecule has 0 saturated heterocycles. The van der Waals surface area contributed by atoms with Crippen LogP contribution in [-0.2, 0) is 11.3 Å². The van der Waals surface area contributed by atoms with Crippen molar-refractivity contribution in [2.75, 3.05) is 6.54 Å². The molecule has 1 aromatic carbocycles. The van der Waals surface area contributed by atoms with Crippen molar-refractivity contribution in [3.63, 3.8) is 0 Å². The zero-order valence-corrected chi connectivity index (χ0v) is 13.2. The van der Waals surface area contributed by atoms with Crippen molar-refractivity contribution < 1.29 is 13.5 Å². The molecular formula is C15H20BrF2NO. The number of halogens is 3. The number of nitrogens with one attached hydrogen (secondary N) is 1. The van der Waals surface area contributed by atoms with Crippen LogP contribution in [0.1, 0.15) is 38.2 Å². The fourth-order valence-electron chi connectivity index (χ4n) is 2.62. The second kappa shape index (κ2) is 7.48. The summed E-state index contributed by atoms with van der Waals surface area (Å²) in [7, 11) is 0. The van der Waals surface area contributed by atoms with Gasteiger partial charge >= 0.3 is 0 Å². The third kappa shape index (κ3) is 3.99. The highest BCUT2D eigenvalue weighted by molar-refractivity contribution is 9.10. The molecule has 0 aromatic heterocycles. The first kappa shape index (κ1) is 15.9. The summed E-state index contributed by atoms with van der Waals surface area (Å²) in [6.45, 7) is 3.07. The standard InChI is InChI=1S/C15H20BrF2NO/c1-2-19-10-3-5-11(6-4-10)20-9-12-14(17)8-7-13(16)15(12)18/h7-8,10-11,19H,2-6,9H2,1H3. The number of ether oxygens (including phenoxy) is 1. The highest BCUT2D eigenvalue weighted by atomic mass is 79.9. The quantitative estimate of drug-likeness (QED) is 0.807. The Bertz CT molecular complexity index is 448. The average Bonchev–Trinajstić information content (AvgIpc) is 2.45. The number of hydrogen-bond acceptors (Lipinski definition) is 2. The molecule has 0 heterocycles. The van der Waals surface area contributed by atoms with Crippen LogP contribution in [-0.4, -0.2) is 18.7 Å². The first-order valence-electron chi connectivity index (χ1n) is 7.09. The first-order valence-corrected chi connectivity index (χ1v) is 7.88. The van der Waals surface area contributed by atoms with E-state index in [0.717, 1.165) is 32.2 Å². The fraction of sp³-hybridized carbons (Fsp3) is 0.600. The Morgan fingerprint density at radius 2 is 1.95 bits per heavy atom. The van der Waals surface area contributed by atoms with E-state index < -0.39 is 11.6 Å². The summed E-state index contributed by atoms with van der Waals surface area (Å²) in [6, 6.07) is 3.18. The summed E-state index contributed by atoms with van der Waals surface area (Å²) in [6.07, 6.45) is 4.09. The number of hydrogen-bond donors (Lipinski definition) is 1. The van der Waals surface area contributed by atoms with Crippen molar-refractivity contribution >= 4 is 15.9 Å². The molecule has 20 heavy (non-hydrogen) atoms. The third-order valence-corrected chi connectivity index (χ3v) is 4.38. The third-order valence-electron chi connectivity index (χ3n) is 3.77. The van der Waals surface area contributed by atoms with Crippen LogP contribution in [0.5, 0.6) is 0 Å². The smallest absolute Gasteiger partial charge is 0.145 e. The molecule has 2 rings (SSSR count). The van der Waals surface area contributed by atoms with Gasteiger partial charge in [0.2, 0.25) is 0 Å². The van der Waals surface area contributed by atoms with E-state index in [9.17, 15) is 8.78 Å². The van der Waals surface area contributed by atoms with Crippen LogP contribution in [0.15, 0.2) is 16.6 Å². The Morgan fingerprint density at radius 1 is 1.25 bits per heavy atom. The second-order valence-corrected chi connectivity index (χ2v) is 6.02. The lowest BCUT2D eigenvalue weighted by Gasteiger charge is -2.29. The van der Waals surface area contributed by atoms with E-state index in [-0.39, 0.29) is 22.7 Å². The Labute approximate surface area is 127 Å². The van der Waals surface area contributed by atoms with Crippen molar-refractivity contribution in [3.8, 4) is 0 Å². The zero-order valence-electron chi connectivity index (χ0n) is 11.6. The lowest BCUT2D eigenvalue weighted by molar-refractivity contribution is 0.00890. The molecule has 5 heteroatoms. The van der Waals surface area contributed by atoms with Gasteiger partial charge in [-0.2, -0.15) is 0 Å². The van der Waals surface area contributed by atoms with Gasteiger partial charge in [0.1, 0.15) is 11.6 Å². The summed E-state index contributed by atoms with van der Waals surface area (Å²) in [4.78, 5) is 0. The number of rotatable bonds is 5. The van der Waals surface area contributed by atoms with E-state index in [1.807, 2.05) is 0 Å². The molecule has 112 valence electrons. The maximum Gasteiger partial charge on any atom is 0.145 e. The fourth-order valence-corrected chi connectivity index (χ4v) is 3.00. The minimum Gasteiger partial charge on any atom is -0.373 e. The summed E-state index contributed by atoms with van der Waals surface area (Å²) in [5.74, 6) is -1.11. The van der Waals surface area contributed by atoms with E-state index in [2.05, 4.69) is 28.2 Å². The Kier molecular flexibility index (Phi) is 5.93. The Morgan fingerprint density at radius 3 is 2.60 bits per heavy atom. The summed E-state index contributed by atoms with van der Waals surface area (Å²) in [5, 5.41) is 3.42. The average molecular weight is 348 g/mol. The molecule has 0 bridgehead atoms. The molecule has 1 aliphatic rings. The van der Waals surface area contributed by atoms with Crippen LogP contribution in [0.25, 0.3) is 0 Å². The largest absolute Gasteiger partial charge is 0.373 e. The molecule has 1 aliphatic carbocycles. The van der Waals surface area contributed by atoms with E-state index in [4.69, 9.17) is 4.74 Å². The maximum atomic E-state index is 13.8. The van der Waals surface area contributed by atoms with Gasteiger partial charge in [0.25, 0.3) is 0 Å². The van der Waals surface area contributed by atoms with Crippen molar-refractivity contribution in [2.45, 2.75) is 51.4 Å². The van der Waals surface area contributed by atoms with Gasteiger partial charge in [-0.05, 0) is 60.3 Å². The van der Waals surface area contributed by atoms with Gasteiger partial charge in [0.05, 0.1) is 22.7 Å². The lowest BCUT2D eigenvalue weighted by atomic mass is 9.93. The van der Waals surface area contributed by atoms with Crippen molar-refractivity contribution in [1.29, 1.82) is 0 Å². The molecule has 0 aliphatic heterocycles. The zero-order chi connectivity index (χ0) is 14.5. The minimum atomic E-state index is -0.564. The van der Waals surface area contributed by atoms with Crippen LogP contribution in [0.3, 0.4) is 0 Å². The predicted molar refractivity (Wildman–Crippen MR) is 78.6 cm³/mol. The molecule has 1 saturated carbocycles. The van der Waals surface area contributed by atoms with E-state index in [0.29, 0.717) is 6.04 Å². The molecule has 0 radical (unpaired) electrons. The highest BCUT2D eigenvalue weighted by Gasteiger charge is 2.22. The van der Waals surface area contributed by atoms with E-state index >= 15 is 0 Å². The monoisotopic (exact) mass is 347 g/mol. The van der Waals surface area contributed by atoms with Gasteiger partial charge in [-0.1, -0.05) is 6.92 Å². The van der Waals surface area contributed by atoms with Crippen molar-refractivity contribution in [3.05, 3.63) is 33.8 Å². The van der Waals surface area contributed by atoms with Crippen LogP contribution < -0.4 is 5.32 Å². The summed E-state index contributed by atoms with van der Waals surface area (Å²) < 4.78 is 33.4.